The molecule has 1 N–H and O–H groups in total. The highest BCUT2D eigenvalue weighted by molar-refractivity contribution is 7.15. The minimum Gasteiger partial charge on any atom is -0.321 e. The van der Waals surface area contributed by atoms with Crippen LogP contribution in [0, 0.1) is 6.92 Å². The van der Waals surface area contributed by atoms with E-state index >= 15 is 0 Å². The molecule has 114 valence electrons. The van der Waals surface area contributed by atoms with Gasteiger partial charge in [-0.15, -0.1) is 0 Å². The summed E-state index contributed by atoms with van der Waals surface area (Å²) in [7, 11) is 4.09. The van der Waals surface area contributed by atoms with E-state index in [4.69, 9.17) is 4.98 Å². The van der Waals surface area contributed by atoms with Gasteiger partial charge in [0.15, 0.2) is 5.13 Å². The maximum absolute atomic E-state index is 4.92. The van der Waals surface area contributed by atoms with E-state index in [1.165, 1.54) is 21.8 Å². The molecule has 0 fully saturated rings. The highest BCUT2D eigenvalue weighted by Gasteiger charge is 2.18. The van der Waals surface area contributed by atoms with Crippen LogP contribution in [0.15, 0.2) is 24.3 Å². The standard InChI is InChI=1S/C17H25N3S/c1-6-12(2)16-15(11-18-4)21-17(19-16)20(5)14-10-8-7-9-13(14)3/h7-10,12,18H,6,11H2,1-5H3. The highest BCUT2D eigenvalue weighted by Crippen LogP contribution is 2.35. The first-order valence-corrected chi connectivity index (χ1v) is 8.33. The molecular formula is C17H25N3S. The molecule has 0 aliphatic rings. The number of nitrogens with one attached hydrogen (secondary N) is 1. The first-order valence-electron chi connectivity index (χ1n) is 7.52. The van der Waals surface area contributed by atoms with Crippen LogP contribution in [0.4, 0.5) is 10.8 Å². The van der Waals surface area contributed by atoms with Crippen LogP contribution in [-0.2, 0) is 6.54 Å². The summed E-state index contributed by atoms with van der Waals surface area (Å²) in [5.41, 5.74) is 3.74. The molecule has 0 aliphatic carbocycles. The van der Waals surface area contributed by atoms with E-state index in [1.54, 1.807) is 11.3 Å². The van der Waals surface area contributed by atoms with Gasteiger partial charge in [0, 0.05) is 24.2 Å². The van der Waals surface area contributed by atoms with Crippen molar-refractivity contribution >= 4 is 22.2 Å². The van der Waals surface area contributed by atoms with Gasteiger partial charge in [-0.25, -0.2) is 4.98 Å². The summed E-state index contributed by atoms with van der Waals surface area (Å²) in [6.45, 7) is 7.51. The predicted octanol–water partition coefficient (Wildman–Crippen LogP) is 4.45. The molecule has 0 spiro atoms. The second kappa shape index (κ2) is 7.05. The summed E-state index contributed by atoms with van der Waals surface area (Å²) in [6, 6.07) is 8.45. The van der Waals surface area contributed by atoms with Gasteiger partial charge in [-0.05, 0) is 37.9 Å². The normalized spacial score (nSPS) is 12.4. The summed E-state index contributed by atoms with van der Waals surface area (Å²) >= 11 is 1.79. The molecule has 4 heteroatoms. The topological polar surface area (TPSA) is 28.2 Å². The van der Waals surface area contributed by atoms with Crippen LogP contribution in [0.3, 0.4) is 0 Å². The predicted molar refractivity (Wildman–Crippen MR) is 92.8 cm³/mol. The lowest BCUT2D eigenvalue weighted by Crippen LogP contribution is -2.10. The van der Waals surface area contributed by atoms with E-state index in [-0.39, 0.29) is 0 Å². The maximum Gasteiger partial charge on any atom is 0.190 e. The molecule has 1 heterocycles. The number of anilines is 2. The number of benzene rings is 1. The Morgan fingerprint density at radius 3 is 2.67 bits per heavy atom. The second-order valence-electron chi connectivity index (χ2n) is 5.49. The molecule has 1 unspecified atom stereocenters. The molecule has 2 rings (SSSR count). The molecule has 0 radical (unpaired) electrons. The van der Waals surface area contributed by atoms with Crippen molar-refractivity contribution in [3.63, 3.8) is 0 Å². The third kappa shape index (κ3) is 3.44. The molecule has 1 atom stereocenters. The Bertz CT molecular complexity index is 591. The number of para-hydroxylation sites is 1. The van der Waals surface area contributed by atoms with Gasteiger partial charge >= 0.3 is 0 Å². The Kier molecular flexibility index (Phi) is 5.37. The van der Waals surface area contributed by atoms with Gasteiger partial charge in [0.1, 0.15) is 0 Å². The van der Waals surface area contributed by atoms with Crippen LogP contribution < -0.4 is 10.2 Å². The summed E-state index contributed by atoms with van der Waals surface area (Å²) in [5, 5.41) is 4.33. The molecule has 0 amide bonds. The number of thiazole rings is 1. The van der Waals surface area contributed by atoms with E-state index in [0.717, 1.165) is 18.1 Å². The average molecular weight is 303 g/mol. The van der Waals surface area contributed by atoms with Crippen molar-refractivity contribution in [2.45, 2.75) is 39.7 Å². The molecule has 0 saturated heterocycles. The van der Waals surface area contributed by atoms with Gasteiger partial charge in [0.25, 0.3) is 0 Å². The number of aryl methyl sites for hydroxylation is 1. The number of hydrogen-bond donors (Lipinski definition) is 1. The van der Waals surface area contributed by atoms with Gasteiger partial charge < -0.3 is 10.2 Å². The Morgan fingerprint density at radius 2 is 2.05 bits per heavy atom. The number of rotatable bonds is 6. The monoisotopic (exact) mass is 303 g/mol. The van der Waals surface area contributed by atoms with Crippen LogP contribution >= 0.6 is 11.3 Å². The van der Waals surface area contributed by atoms with Crippen molar-refractivity contribution in [3.05, 3.63) is 40.4 Å². The third-order valence-corrected chi connectivity index (χ3v) is 5.04. The van der Waals surface area contributed by atoms with Crippen LogP contribution in [0.2, 0.25) is 0 Å². The minimum absolute atomic E-state index is 0.503. The van der Waals surface area contributed by atoms with Crippen LogP contribution in [0.5, 0.6) is 0 Å². The Labute approximate surface area is 132 Å². The molecule has 0 aliphatic heterocycles. The molecule has 21 heavy (non-hydrogen) atoms. The third-order valence-electron chi connectivity index (χ3n) is 3.90. The zero-order chi connectivity index (χ0) is 15.4. The van der Waals surface area contributed by atoms with E-state index in [9.17, 15) is 0 Å². The highest BCUT2D eigenvalue weighted by atomic mass is 32.1. The zero-order valence-corrected chi connectivity index (χ0v) is 14.4. The zero-order valence-electron chi connectivity index (χ0n) is 13.6. The molecule has 2 aromatic rings. The smallest absolute Gasteiger partial charge is 0.190 e. The minimum atomic E-state index is 0.503. The summed E-state index contributed by atoms with van der Waals surface area (Å²) < 4.78 is 0. The van der Waals surface area contributed by atoms with Crippen LogP contribution in [0.1, 0.15) is 42.3 Å². The second-order valence-corrected chi connectivity index (χ2v) is 6.55. The maximum atomic E-state index is 4.92. The number of aromatic nitrogens is 1. The number of nitrogens with zero attached hydrogens (tertiary/aromatic N) is 2. The molecule has 0 saturated carbocycles. The van der Waals surface area contributed by atoms with Crippen molar-refractivity contribution in [1.29, 1.82) is 0 Å². The Hall–Kier alpha value is -1.39. The van der Waals surface area contributed by atoms with Crippen molar-refractivity contribution in [2.24, 2.45) is 0 Å². The van der Waals surface area contributed by atoms with Crippen molar-refractivity contribution in [3.8, 4) is 0 Å². The van der Waals surface area contributed by atoms with Crippen LogP contribution in [0.25, 0.3) is 0 Å². The summed E-state index contributed by atoms with van der Waals surface area (Å²) in [6.07, 6.45) is 1.12. The van der Waals surface area contributed by atoms with Crippen molar-refractivity contribution in [2.75, 3.05) is 19.0 Å². The first kappa shape index (κ1) is 16.0. The largest absolute Gasteiger partial charge is 0.321 e. The average Bonchev–Trinajstić information content (AvgIpc) is 2.91. The Morgan fingerprint density at radius 1 is 1.33 bits per heavy atom. The summed E-state index contributed by atoms with van der Waals surface area (Å²) in [4.78, 5) is 8.47. The first-order chi connectivity index (χ1) is 10.1. The van der Waals surface area contributed by atoms with E-state index < -0.39 is 0 Å². The fourth-order valence-electron chi connectivity index (χ4n) is 2.40. The fraction of sp³-hybridized carbons (Fsp3) is 0.471. The Balaban J connectivity index is 2.38. The number of hydrogen-bond acceptors (Lipinski definition) is 4. The van der Waals surface area contributed by atoms with E-state index in [1.807, 2.05) is 7.05 Å². The molecular weight excluding hydrogens is 278 g/mol. The van der Waals surface area contributed by atoms with Crippen LogP contribution in [-0.4, -0.2) is 19.1 Å². The van der Waals surface area contributed by atoms with Gasteiger partial charge in [-0.1, -0.05) is 43.4 Å². The van der Waals surface area contributed by atoms with Gasteiger partial charge in [0.2, 0.25) is 0 Å². The lowest BCUT2D eigenvalue weighted by Gasteiger charge is -2.18. The molecule has 0 bridgehead atoms. The quantitative estimate of drug-likeness (QED) is 0.854. The molecule has 1 aromatic heterocycles. The fourth-order valence-corrected chi connectivity index (χ4v) is 3.57. The van der Waals surface area contributed by atoms with E-state index in [2.05, 4.69) is 62.3 Å². The van der Waals surface area contributed by atoms with Gasteiger partial charge in [0.05, 0.1) is 5.69 Å². The molecule has 1 aromatic carbocycles. The van der Waals surface area contributed by atoms with Gasteiger partial charge in [-0.2, -0.15) is 0 Å². The van der Waals surface area contributed by atoms with Crippen molar-refractivity contribution < 1.29 is 0 Å². The SMILES string of the molecule is CCC(C)c1nc(N(C)c2ccccc2C)sc1CNC. The van der Waals surface area contributed by atoms with Crippen molar-refractivity contribution in [1.82, 2.24) is 10.3 Å². The van der Waals surface area contributed by atoms with Gasteiger partial charge in [-0.3, -0.25) is 0 Å². The van der Waals surface area contributed by atoms with E-state index in [0.29, 0.717) is 5.92 Å². The molecule has 3 nitrogen and oxygen atoms in total. The lowest BCUT2D eigenvalue weighted by atomic mass is 10.0. The summed E-state index contributed by atoms with van der Waals surface area (Å²) in [5.74, 6) is 0.503. The lowest BCUT2D eigenvalue weighted by molar-refractivity contribution is 0.693.